The second-order valence-corrected chi connectivity index (χ2v) is 6.15. The third-order valence-electron chi connectivity index (χ3n) is 2.92. The smallest absolute Gasteiger partial charge is 0.154 e. The van der Waals surface area contributed by atoms with Crippen LogP contribution in [-0.2, 0) is 9.84 Å². The van der Waals surface area contributed by atoms with Crippen molar-refractivity contribution in [2.45, 2.75) is 37.0 Å². The molecule has 1 unspecified atom stereocenters. The number of nitrogens with one attached hydrogen (secondary N) is 1. The maximum absolute atomic E-state index is 11.6. The van der Waals surface area contributed by atoms with E-state index in [2.05, 4.69) is 5.32 Å². The molecule has 70 valence electrons. The second-order valence-electron chi connectivity index (χ2n) is 3.82. The molecular formula is C8H15NO2S. The number of hydrogen-bond acceptors (Lipinski definition) is 3. The van der Waals surface area contributed by atoms with Crippen molar-refractivity contribution in [1.82, 2.24) is 5.32 Å². The lowest BCUT2D eigenvalue weighted by atomic mass is 10.00. The van der Waals surface area contributed by atoms with Crippen molar-refractivity contribution in [1.29, 1.82) is 0 Å². The molecule has 1 heterocycles. The van der Waals surface area contributed by atoms with Gasteiger partial charge in [0, 0.05) is 6.04 Å². The monoisotopic (exact) mass is 189 g/mol. The van der Waals surface area contributed by atoms with Crippen LogP contribution < -0.4 is 5.32 Å². The second kappa shape index (κ2) is 3.00. The summed E-state index contributed by atoms with van der Waals surface area (Å²) in [7, 11) is -2.75. The van der Waals surface area contributed by atoms with E-state index in [0.717, 1.165) is 32.2 Å². The van der Waals surface area contributed by atoms with Gasteiger partial charge in [0.1, 0.15) is 0 Å². The van der Waals surface area contributed by atoms with Crippen molar-refractivity contribution in [3.8, 4) is 0 Å². The SMILES string of the molecule is O=S(=O)(CC1CCN1)C1CCC1. The van der Waals surface area contributed by atoms with E-state index < -0.39 is 9.84 Å². The molecule has 3 nitrogen and oxygen atoms in total. The van der Waals surface area contributed by atoms with Crippen molar-refractivity contribution < 1.29 is 8.42 Å². The third kappa shape index (κ3) is 1.50. The highest BCUT2D eigenvalue weighted by molar-refractivity contribution is 7.92. The lowest BCUT2D eigenvalue weighted by molar-refractivity contribution is 0.392. The zero-order chi connectivity index (χ0) is 8.60. The van der Waals surface area contributed by atoms with Gasteiger partial charge in [-0.2, -0.15) is 0 Å². The van der Waals surface area contributed by atoms with Crippen LogP contribution in [0, 0.1) is 0 Å². The lowest BCUT2D eigenvalue weighted by Crippen LogP contribution is -2.49. The minimum atomic E-state index is -2.75. The van der Waals surface area contributed by atoms with Crippen LogP contribution >= 0.6 is 0 Å². The van der Waals surface area contributed by atoms with E-state index in [-0.39, 0.29) is 11.3 Å². The normalized spacial score (nSPS) is 30.8. The first-order valence-electron chi connectivity index (χ1n) is 4.63. The molecule has 0 radical (unpaired) electrons. The fourth-order valence-corrected chi connectivity index (χ4v) is 3.81. The van der Waals surface area contributed by atoms with E-state index in [1.165, 1.54) is 0 Å². The molecule has 2 aliphatic rings. The van der Waals surface area contributed by atoms with Gasteiger partial charge in [0.25, 0.3) is 0 Å². The first kappa shape index (κ1) is 8.51. The molecule has 1 aliphatic carbocycles. The van der Waals surface area contributed by atoms with Crippen molar-refractivity contribution in [3.63, 3.8) is 0 Å². The first-order chi connectivity index (χ1) is 5.68. The highest BCUT2D eigenvalue weighted by atomic mass is 32.2. The molecule has 0 amide bonds. The zero-order valence-electron chi connectivity index (χ0n) is 7.12. The number of rotatable bonds is 3. The molecule has 0 aromatic rings. The molecule has 0 spiro atoms. The minimum absolute atomic E-state index is 0.0000926. The Kier molecular flexibility index (Phi) is 2.12. The van der Waals surface area contributed by atoms with Gasteiger partial charge in [-0.05, 0) is 25.8 Å². The highest BCUT2D eigenvalue weighted by Crippen LogP contribution is 2.27. The average Bonchev–Trinajstić information content (AvgIpc) is 1.73. The molecule has 0 bridgehead atoms. The molecule has 1 saturated heterocycles. The van der Waals surface area contributed by atoms with Crippen LogP contribution in [0.1, 0.15) is 25.7 Å². The summed E-state index contributed by atoms with van der Waals surface area (Å²) in [5.41, 5.74) is 0. The molecule has 4 heteroatoms. The molecule has 12 heavy (non-hydrogen) atoms. The van der Waals surface area contributed by atoms with Gasteiger partial charge < -0.3 is 5.32 Å². The van der Waals surface area contributed by atoms with Gasteiger partial charge in [0.05, 0.1) is 11.0 Å². The Labute approximate surface area is 73.5 Å². The predicted octanol–water partition coefficient (Wildman–Crippen LogP) is 0.316. The van der Waals surface area contributed by atoms with Crippen LogP contribution in [0.4, 0.5) is 0 Å². The largest absolute Gasteiger partial charge is 0.313 e. The van der Waals surface area contributed by atoms with E-state index >= 15 is 0 Å². The first-order valence-corrected chi connectivity index (χ1v) is 6.35. The lowest BCUT2D eigenvalue weighted by Gasteiger charge is -2.31. The summed E-state index contributed by atoms with van der Waals surface area (Å²) in [6, 6.07) is 0.260. The molecule has 2 rings (SSSR count). The summed E-state index contributed by atoms with van der Waals surface area (Å²) >= 11 is 0. The molecule has 0 aromatic carbocycles. The maximum atomic E-state index is 11.6. The van der Waals surface area contributed by atoms with Crippen LogP contribution in [-0.4, -0.2) is 32.0 Å². The molecule has 1 N–H and O–H groups in total. The minimum Gasteiger partial charge on any atom is -0.313 e. The Bertz CT molecular complexity index is 252. The molecule has 1 saturated carbocycles. The van der Waals surface area contributed by atoms with Gasteiger partial charge in [-0.1, -0.05) is 6.42 Å². The van der Waals surface area contributed by atoms with Crippen LogP contribution in [0.5, 0.6) is 0 Å². The van der Waals surface area contributed by atoms with Gasteiger partial charge in [0.15, 0.2) is 9.84 Å². The molecule has 1 aliphatic heterocycles. The van der Waals surface area contributed by atoms with E-state index in [1.807, 2.05) is 0 Å². The van der Waals surface area contributed by atoms with Crippen molar-refractivity contribution in [2.75, 3.05) is 12.3 Å². The van der Waals surface area contributed by atoms with Crippen molar-refractivity contribution in [3.05, 3.63) is 0 Å². The average molecular weight is 189 g/mol. The van der Waals surface area contributed by atoms with Crippen molar-refractivity contribution >= 4 is 9.84 Å². The van der Waals surface area contributed by atoms with Gasteiger partial charge in [-0.3, -0.25) is 0 Å². The highest BCUT2D eigenvalue weighted by Gasteiger charge is 2.34. The predicted molar refractivity (Wildman–Crippen MR) is 47.8 cm³/mol. The Morgan fingerprint density at radius 3 is 2.25 bits per heavy atom. The van der Waals surface area contributed by atoms with E-state index in [1.54, 1.807) is 0 Å². The van der Waals surface area contributed by atoms with Crippen LogP contribution in [0.25, 0.3) is 0 Å². The Morgan fingerprint density at radius 1 is 1.25 bits per heavy atom. The quantitative estimate of drug-likeness (QED) is 0.695. The standard InChI is InChI=1S/C8H15NO2S/c10-12(11,8-2-1-3-8)6-7-4-5-9-7/h7-9H,1-6H2. The molecular weight excluding hydrogens is 174 g/mol. The third-order valence-corrected chi connectivity index (χ3v) is 5.27. The summed E-state index contributed by atoms with van der Waals surface area (Å²) in [5.74, 6) is 0.373. The fraction of sp³-hybridized carbons (Fsp3) is 1.00. The van der Waals surface area contributed by atoms with E-state index in [4.69, 9.17) is 0 Å². The van der Waals surface area contributed by atoms with Gasteiger partial charge in [0.2, 0.25) is 0 Å². The summed E-state index contributed by atoms with van der Waals surface area (Å²) < 4.78 is 23.2. The van der Waals surface area contributed by atoms with Crippen LogP contribution in [0.3, 0.4) is 0 Å². The topological polar surface area (TPSA) is 46.2 Å². The molecule has 0 aromatic heterocycles. The fourth-order valence-electron chi connectivity index (χ4n) is 1.64. The summed E-state index contributed by atoms with van der Waals surface area (Å²) in [6.07, 6.45) is 3.93. The molecule has 2 fully saturated rings. The maximum Gasteiger partial charge on any atom is 0.154 e. The van der Waals surface area contributed by atoms with Crippen LogP contribution in [0.15, 0.2) is 0 Å². The Balaban J connectivity index is 1.90. The van der Waals surface area contributed by atoms with Crippen molar-refractivity contribution in [2.24, 2.45) is 0 Å². The summed E-state index contributed by atoms with van der Waals surface area (Å²) in [4.78, 5) is 0. The van der Waals surface area contributed by atoms with Gasteiger partial charge >= 0.3 is 0 Å². The Morgan fingerprint density at radius 2 is 1.92 bits per heavy atom. The van der Waals surface area contributed by atoms with Gasteiger partial charge in [-0.15, -0.1) is 0 Å². The summed E-state index contributed by atoms with van der Waals surface area (Å²) in [6.45, 7) is 0.991. The van der Waals surface area contributed by atoms with Gasteiger partial charge in [-0.25, -0.2) is 8.42 Å². The van der Waals surface area contributed by atoms with E-state index in [0.29, 0.717) is 5.75 Å². The number of hydrogen-bond donors (Lipinski definition) is 1. The molecule has 1 atom stereocenters. The van der Waals surface area contributed by atoms with Crippen LogP contribution in [0.2, 0.25) is 0 Å². The summed E-state index contributed by atoms with van der Waals surface area (Å²) in [5, 5.41) is 3.13. The zero-order valence-corrected chi connectivity index (χ0v) is 7.94. The Hall–Kier alpha value is -0.0900. The number of sulfone groups is 1. The van der Waals surface area contributed by atoms with E-state index in [9.17, 15) is 8.42 Å².